The maximum Gasteiger partial charge on any atom is 0.311 e. The van der Waals surface area contributed by atoms with Crippen LogP contribution in [0, 0.1) is 16.0 Å². The van der Waals surface area contributed by atoms with Crippen molar-refractivity contribution in [2.75, 3.05) is 7.11 Å². The second-order valence-corrected chi connectivity index (χ2v) is 5.88. The highest BCUT2D eigenvalue weighted by Crippen LogP contribution is 2.36. The molecule has 0 unspecified atom stereocenters. The van der Waals surface area contributed by atoms with Crippen LogP contribution in [-0.4, -0.2) is 29.4 Å². The zero-order valence-electron chi connectivity index (χ0n) is 13.6. The molecule has 2 rings (SSSR count). The first-order valence-corrected chi connectivity index (χ1v) is 7.79. The molecule has 0 bridgehead atoms. The zero-order valence-corrected chi connectivity index (χ0v) is 13.6. The lowest BCUT2D eigenvalue weighted by Gasteiger charge is -2.25. The summed E-state index contributed by atoms with van der Waals surface area (Å²) in [5, 5.41) is 11.1. The van der Waals surface area contributed by atoms with Gasteiger partial charge in [0.05, 0.1) is 12.0 Å². The van der Waals surface area contributed by atoms with Gasteiger partial charge in [0.25, 0.3) is 0 Å². The molecular weight excluding hydrogens is 314 g/mol. The highest BCUT2D eigenvalue weighted by Gasteiger charge is 2.40. The molecule has 128 valence electrons. The molecule has 1 aromatic rings. The number of carbonyl (C=O) groups excluding carboxylic acids is 3. The van der Waals surface area contributed by atoms with Crippen molar-refractivity contribution in [3.05, 3.63) is 33.9 Å². The largest absolute Gasteiger partial charge is 0.490 e. The number of methoxy groups -OCH3 is 1. The molecule has 0 aliphatic heterocycles. The number of rotatable bonds is 6. The first kappa shape index (κ1) is 17.8. The van der Waals surface area contributed by atoms with E-state index >= 15 is 0 Å². The van der Waals surface area contributed by atoms with Crippen LogP contribution in [0.1, 0.15) is 44.1 Å². The molecule has 1 aliphatic rings. The first-order chi connectivity index (χ1) is 11.4. The number of hydrogen-bond donors (Lipinski definition) is 0. The van der Waals surface area contributed by atoms with Gasteiger partial charge in [-0.3, -0.25) is 24.5 Å². The zero-order chi connectivity index (χ0) is 17.9. The van der Waals surface area contributed by atoms with E-state index in [1.165, 1.54) is 19.2 Å². The lowest BCUT2D eigenvalue weighted by Crippen LogP contribution is -2.38. The monoisotopic (exact) mass is 333 g/mol. The van der Waals surface area contributed by atoms with Gasteiger partial charge in [-0.05, 0) is 24.0 Å². The van der Waals surface area contributed by atoms with Crippen LogP contribution in [-0.2, 0) is 14.4 Å². The van der Waals surface area contributed by atoms with E-state index in [0.29, 0.717) is 12.0 Å². The first-order valence-electron chi connectivity index (χ1n) is 7.79. The Hall–Kier alpha value is -2.57. The summed E-state index contributed by atoms with van der Waals surface area (Å²) in [5.41, 5.74) is 0.324. The third-order valence-corrected chi connectivity index (χ3v) is 4.23. The maximum atomic E-state index is 12.2. The molecule has 1 aromatic carbocycles. The molecule has 24 heavy (non-hydrogen) atoms. The quantitative estimate of drug-likeness (QED) is 0.450. The smallest absolute Gasteiger partial charge is 0.311 e. The van der Waals surface area contributed by atoms with E-state index in [0.717, 1.165) is 0 Å². The average molecular weight is 333 g/mol. The topological polar surface area (TPSA) is 104 Å². The molecule has 0 N–H and O–H groups in total. The predicted octanol–water partition coefficient (Wildman–Crippen LogP) is 2.60. The Morgan fingerprint density at radius 3 is 2.42 bits per heavy atom. The molecule has 7 nitrogen and oxygen atoms in total. The third-order valence-electron chi connectivity index (χ3n) is 4.23. The van der Waals surface area contributed by atoms with E-state index < -0.39 is 28.3 Å². The van der Waals surface area contributed by atoms with Crippen molar-refractivity contribution in [1.82, 2.24) is 0 Å². The molecule has 0 amide bonds. The molecule has 0 atom stereocenters. The fraction of sp³-hybridized carbons (Fsp3) is 0.471. The molecule has 0 aromatic heterocycles. The molecule has 0 radical (unpaired) electrons. The van der Waals surface area contributed by atoms with Crippen molar-refractivity contribution in [3.63, 3.8) is 0 Å². The van der Waals surface area contributed by atoms with Gasteiger partial charge in [0.15, 0.2) is 23.1 Å². The normalized spacial score (nSPS) is 20.8. The van der Waals surface area contributed by atoms with Crippen LogP contribution >= 0.6 is 0 Å². The summed E-state index contributed by atoms with van der Waals surface area (Å²) in [4.78, 5) is 47.0. The van der Waals surface area contributed by atoms with Gasteiger partial charge in [0.1, 0.15) is 5.92 Å². The second-order valence-electron chi connectivity index (χ2n) is 5.88. The molecule has 1 fully saturated rings. The summed E-state index contributed by atoms with van der Waals surface area (Å²) in [7, 11) is 1.33. The van der Waals surface area contributed by atoms with Crippen LogP contribution in [0.3, 0.4) is 0 Å². The molecular formula is C17H19NO6. The predicted molar refractivity (Wildman–Crippen MR) is 85.0 cm³/mol. The van der Waals surface area contributed by atoms with Crippen molar-refractivity contribution in [2.45, 2.75) is 38.5 Å². The van der Waals surface area contributed by atoms with Gasteiger partial charge in [-0.25, -0.2) is 0 Å². The number of hydrogen-bond acceptors (Lipinski definition) is 6. The standard InChI is InChI=1S/C17H19NO6/c1-3-4-13(19)17-14(20)8-11(9-15(17)21)10-5-6-16(24-2)12(7-10)18(22)23/h5-7,11,17H,3-4,8-9H2,1-2H3. The fourth-order valence-corrected chi connectivity index (χ4v) is 3.06. The summed E-state index contributed by atoms with van der Waals surface area (Å²) >= 11 is 0. The van der Waals surface area contributed by atoms with Crippen LogP contribution in [0.15, 0.2) is 18.2 Å². The van der Waals surface area contributed by atoms with Crippen LogP contribution in [0.25, 0.3) is 0 Å². The van der Waals surface area contributed by atoms with Gasteiger partial charge in [0.2, 0.25) is 0 Å². The van der Waals surface area contributed by atoms with E-state index in [9.17, 15) is 24.5 Å². The minimum atomic E-state index is -1.16. The number of Topliss-reactive ketones (excluding diaryl/α,β-unsaturated/α-hetero) is 3. The fourth-order valence-electron chi connectivity index (χ4n) is 3.06. The van der Waals surface area contributed by atoms with Gasteiger partial charge >= 0.3 is 5.69 Å². The Balaban J connectivity index is 2.25. The van der Waals surface area contributed by atoms with E-state index in [-0.39, 0.29) is 36.5 Å². The van der Waals surface area contributed by atoms with E-state index in [4.69, 9.17) is 4.74 Å². The van der Waals surface area contributed by atoms with Crippen molar-refractivity contribution < 1.29 is 24.0 Å². The second kappa shape index (κ2) is 7.33. The van der Waals surface area contributed by atoms with E-state index in [2.05, 4.69) is 0 Å². The van der Waals surface area contributed by atoms with E-state index in [1.807, 2.05) is 6.92 Å². The number of benzene rings is 1. The number of nitro benzene ring substituents is 1. The van der Waals surface area contributed by atoms with Crippen LogP contribution in [0.2, 0.25) is 0 Å². The molecule has 7 heteroatoms. The van der Waals surface area contributed by atoms with Crippen LogP contribution in [0.5, 0.6) is 5.75 Å². The van der Waals surface area contributed by atoms with Gasteiger partial charge in [-0.1, -0.05) is 13.0 Å². The van der Waals surface area contributed by atoms with Gasteiger partial charge < -0.3 is 4.74 Å². The maximum absolute atomic E-state index is 12.2. The summed E-state index contributed by atoms with van der Waals surface area (Å²) in [5.74, 6) is -2.60. The lowest BCUT2D eigenvalue weighted by atomic mass is 9.75. The lowest BCUT2D eigenvalue weighted by molar-refractivity contribution is -0.385. The van der Waals surface area contributed by atoms with Gasteiger partial charge in [0, 0.05) is 25.3 Å². The molecule has 0 heterocycles. The summed E-state index contributed by atoms with van der Waals surface area (Å²) in [6.45, 7) is 1.81. The van der Waals surface area contributed by atoms with Crippen molar-refractivity contribution in [3.8, 4) is 5.75 Å². The Labute approximate surface area is 139 Å². The third kappa shape index (κ3) is 3.50. The van der Waals surface area contributed by atoms with Crippen molar-refractivity contribution in [1.29, 1.82) is 0 Å². The Morgan fingerprint density at radius 2 is 1.92 bits per heavy atom. The molecule has 0 saturated heterocycles. The number of carbonyl (C=O) groups is 3. The minimum absolute atomic E-state index is 0.0370. The van der Waals surface area contributed by atoms with Gasteiger partial charge in [-0.15, -0.1) is 0 Å². The average Bonchev–Trinajstić information content (AvgIpc) is 2.53. The van der Waals surface area contributed by atoms with Crippen molar-refractivity contribution in [2.24, 2.45) is 5.92 Å². The Kier molecular flexibility index (Phi) is 5.43. The summed E-state index contributed by atoms with van der Waals surface area (Å²) < 4.78 is 4.95. The van der Waals surface area contributed by atoms with E-state index in [1.54, 1.807) is 6.07 Å². The Bertz CT molecular complexity index is 678. The highest BCUT2D eigenvalue weighted by molar-refractivity contribution is 6.20. The van der Waals surface area contributed by atoms with Crippen molar-refractivity contribution >= 4 is 23.0 Å². The van der Waals surface area contributed by atoms with Crippen LogP contribution in [0.4, 0.5) is 5.69 Å². The molecule has 1 saturated carbocycles. The molecule has 0 spiro atoms. The van der Waals surface area contributed by atoms with Gasteiger partial charge in [-0.2, -0.15) is 0 Å². The minimum Gasteiger partial charge on any atom is -0.490 e. The number of ether oxygens (including phenoxy) is 1. The van der Waals surface area contributed by atoms with Crippen LogP contribution < -0.4 is 4.74 Å². The Morgan fingerprint density at radius 1 is 1.29 bits per heavy atom. The summed E-state index contributed by atoms with van der Waals surface area (Å²) in [6.07, 6.45) is 0.871. The highest BCUT2D eigenvalue weighted by atomic mass is 16.6. The summed E-state index contributed by atoms with van der Waals surface area (Å²) in [6, 6.07) is 4.40. The number of nitrogens with zero attached hydrogens (tertiary/aromatic N) is 1. The SMILES string of the molecule is CCCC(=O)C1C(=O)CC(c2ccc(OC)c([N+](=O)[O-])c2)CC1=O. The number of nitro groups is 1. The number of ketones is 3. The molecule has 1 aliphatic carbocycles.